The van der Waals surface area contributed by atoms with Crippen molar-refractivity contribution in [2.24, 2.45) is 0 Å². The van der Waals surface area contributed by atoms with Crippen molar-refractivity contribution in [1.29, 1.82) is 0 Å². The number of carbonyl (C=O) groups is 1. The summed E-state index contributed by atoms with van der Waals surface area (Å²) in [5.41, 5.74) is 0. The molecule has 24 heavy (non-hydrogen) atoms. The van der Waals surface area contributed by atoms with Gasteiger partial charge in [0.2, 0.25) is 5.89 Å². The molecule has 1 saturated heterocycles. The Morgan fingerprint density at radius 3 is 2.83 bits per heavy atom. The molecule has 1 fully saturated rings. The van der Waals surface area contributed by atoms with Crippen LogP contribution in [0.3, 0.4) is 0 Å². The third-order valence-electron chi connectivity index (χ3n) is 4.40. The van der Waals surface area contributed by atoms with Gasteiger partial charge in [0.15, 0.2) is 10.8 Å². The van der Waals surface area contributed by atoms with Gasteiger partial charge >= 0.3 is 0 Å². The van der Waals surface area contributed by atoms with Crippen molar-refractivity contribution >= 4 is 22.2 Å². The number of piperidine rings is 1. The summed E-state index contributed by atoms with van der Waals surface area (Å²) in [4.78, 5) is 24.9. The van der Waals surface area contributed by atoms with E-state index in [1.807, 2.05) is 35.5 Å². The lowest BCUT2D eigenvalue weighted by Gasteiger charge is -2.30. The molecule has 0 N–H and O–H groups in total. The van der Waals surface area contributed by atoms with Gasteiger partial charge in [-0.25, -0.2) is 4.98 Å². The van der Waals surface area contributed by atoms with Gasteiger partial charge in [0.05, 0.1) is 0 Å². The molecule has 1 aliphatic rings. The molecule has 0 aromatic carbocycles. The molecule has 1 amide bonds. The minimum absolute atomic E-state index is 0.0833. The molecule has 0 bridgehead atoms. The van der Waals surface area contributed by atoms with Crippen LogP contribution in [0.4, 0.5) is 0 Å². The second-order valence-electron chi connectivity index (χ2n) is 6.42. The van der Waals surface area contributed by atoms with E-state index in [1.54, 1.807) is 6.20 Å². The molecule has 0 aliphatic carbocycles. The number of hydrogen-bond donors (Lipinski definition) is 0. The molecular weight excluding hydrogens is 326 g/mol. The first-order chi connectivity index (χ1) is 11.6. The lowest BCUT2D eigenvalue weighted by atomic mass is 9.96. The topological polar surface area (TPSA) is 76.5 Å². The van der Waals surface area contributed by atoms with E-state index in [9.17, 15) is 4.79 Å². The van der Waals surface area contributed by atoms with E-state index in [0.29, 0.717) is 5.89 Å². The van der Waals surface area contributed by atoms with Crippen LogP contribution in [0.15, 0.2) is 23.1 Å². The zero-order valence-electron chi connectivity index (χ0n) is 13.7. The van der Waals surface area contributed by atoms with Gasteiger partial charge in [-0.1, -0.05) is 30.3 Å². The Morgan fingerprint density at radius 2 is 2.17 bits per heavy atom. The molecular formula is C16H19N5O2S. The highest BCUT2D eigenvalue weighted by atomic mass is 32.1. The Bertz CT molecular complexity index is 828. The Labute approximate surface area is 143 Å². The van der Waals surface area contributed by atoms with E-state index in [4.69, 9.17) is 4.52 Å². The summed E-state index contributed by atoms with van der Waals surface area (Å²) in [6, 6.07) is 0. The summed E-state index contributed by atoms with van der Waals surface area (Å²) < 4.78 is 7.18. The van der Waals surface area contributed by atoms with Crippen molar-refractivity contribution in [3.05, 3.63) is 35.2 Å². The van der Waals surface area contributed by atoms with Crippen molar-refractivity contribution in [2.75, 3.05) is 13.1 Å². The number of aromatic nitrogens is 4. The summed E-state index contributed by atoms with van der Waals surface area (Å²) in [5.74, 6) is 2.06. The van der Waals surface area contributed by atoms with E-state index < -0.39 is 0 Å². The van der Waals surface area contributed by atoms with Crippen LogP contribution in [0.2, 0.25) is 0 Å². The molecule has 4 heterocycles. The fraction of sp³-hybridized carbons (Fsp3) is 0.500. The molecule has 8 heteroatoms. The van der Waals surface area contributed by atoms with Crippen LogP contribution in [0.25, 0.3) is 4.96 Å². The van der Waals surface area contributed by atoms with E-state index in [1.165, 1.54) is 11.3 Å². The quantitative estimate of drug-likeness (QED) is 0.729. The summed E-state index contributed by atoms with van der Waals surface area (Å²) in [5, 5.41) is 4.11. The third kappa shape index (κ3) is 2.71. The summed E-state index contributed by atoms with van der Waals surface area (Å²) in [6.45, 7) is 5.51. The molecule has 0 atom stereocenters. The first-order valence-electron chi connectivity index (χ1n) is 8.17. The van der Waals surface area contributed by atoms with E-state index in [-0.39, 0.29) is 17.7 Å². The van der Waals surface area contributed by atoms with Crippen molar-refractivity contribution in [2.45, 2.75) is 38.5 Å². The van der Waals surface area contributed by atoms with Crippen LogP contribution >= 0.6 is 11.3 Å². The summed E-state index contributed by atoms with van der Waals surface area (Å²) in [6.07, 6.45) is 7.19. The lowest BCUT2D eigenvalue weighted by molar-refractivity contribution is 0.0715. The number of rotatable bonds is 3. The third-order valence-corrected chi connectivity index (χ3v) is 5.40. The predicted octanol–water partition coefficient (Wildman–Crippen LogP) is 2.92. The van der Waals surface area contributed by atoms with E-state index >= 15 is 0 Å². The smallest absolute Gasteiger partial charge is 0.265 e. The van der Waals surface area contributed by atoms with Gasteiger partial charge in [0.25, 0.3) is 5.91 Å². The maximum absolute atomic E-state index is 12.6. The molecule has 3 aromatic heterocycles. The first kappa shape index (κ1) is 15.3. The number of amides is 1. The predicted molar refractivity (Wildman–Crippen MR) is 89.3 cm³/mol. The SMILES string of the molecule is CC(C)c1nc(C2CCN(C(=O)c3cn4ccnc4s3)CC2)no1. The number of fused-ring (bicyclic) bond motifs is 1. The van der Waals surface area contributed by atoms with Gasteiger partial charge in [-0.15, -0.1) is 0 Å². The minimum atomic E-state index is 0.0833. The molecule has 126 valence electrons. The number of likely N-dealkylation sites (tertiary alicyclic amines) is 1. The van der Waals surface area contributed by atoms with Crippen molar-refractivity contribution in [3.8, 4) is 0 Å². The number of hydrogen-bond acceptors (Lipinski definition) is 6. The maximum atomic E-state index is 12.6. The van der Waals surface area contributed by atoms with Gasteiger partial charge < -0.3 is 9.42 Å². The van der Waals surface area contributed by atoms with Crippen LogP contribution in [-0.4, -0.2) is 43.4 Å². The van der Waals surface area contributed by atoms with E-state index in [2.05, 4.69) is 15.1 Å². The molecule has 3 aromatic rings. The number of nitrogens with zero attached hydrogens (tertiary/aromatic N) is 5. The highest BCUT2D eigenvalue weighted by molar-refractivity contribution is 7.18. The second kappa shape index (κ2) is 6.01. The second-order valence-corrected chi connectivity index (χ2v) is 7.43. The zero-order chi connectivity index (χ0) is 16.7. The molecule has 4 rings (SSSR count). The maximum Gasteiger partial charge on any atom is 0.265 e. The molecule has 0 radical (unpaired) electrons. The number of imidazole rings is 1. The van der Waals surface area contributed by atoms with Gasteiger partial charge in [0, 0.05) is 43.5 Å². The highest BCUT2D eigenvalue weighted by Crippen LogP contribution is 2.28. The molecule has 0 saturated carbocycles. The Kier molecular flexibility index (Phi) is 3.84. The zero-order valence-corrected chi connectivity index (χ0v) is 14.5. The van der Waals surface area contributed by atoms with Crippen LogP contribution < -0.4 is 0 Å². The Balaban J connectivity index is 1.41. The van der Waals surface area contributed by atoms with E-state index in [0.717, 1.165) is 41.6 Å². The number of thiazole rings is 1. The monoisotopic (exact) mass is 345 g/mol. The fourth-order valence-electron chi connectivity index (χ4n) is 2.97. The van der Waals surface area contributed by atoms with Crippen molar-refractivity contribution in [3.63, 3.8) is 0 Å². The van der Waals surface area contributed by atoms with Gasteiger partial charge in [0.1, 0.15) is 4.88 Å². The van der Waals surface area contributed by atoms with Crippen LogP contribution in [0, 0.1) is 0 Å². The molecule has 7 nitrogen and oxygen atoms in total. The van der Waals surface area contributed by atoms with Crippen LogP contribution in [-0.2, 0) is 0 Å². The number of carbonyl (C=O) groups excluding carboxylic acids is 1. The summed E-state index contributed by atoms with van der Waals surface area (Å²) in [7, 11) is 0. The lowest BCUT2D eigenvalue weighted by Crippen LogP contribution is -2.37. The largest absolute Gasteiger partial charge is 0.339 e. The summed E-state index contributed by atoms with van der Waals surface area (Å²) >= 11 is 1.43. The van der Waals surface area contributed by atoms with Crippen molar-refractivity contribution in [1.82, 2.24) is 24.4 Å². The van der Waals surface area contributed by atoms with Crippen LogP contribution in [0.5, 0.6) is 0 Å². The normalized spacial score (nSPS) is 16.4. The van der Waals surface area contributed by atoms with Gasteiger partial charge in [-0.2, -0.15) is 4.98 Å². The standard InChI is InChI=1S/C16H19N5O2S/c1-10(2)14-18-13(19-23-14)11-3-6-20(7-4-11)15(22)12-9-21-8-5-17-16(21)24-12/h5,8-11H,3-4,6-7H2,1-2H3. The van der Waals surface area contributed by atoms with Gasteiger partial charge in [-0.3, -0.25) is 9.20 Å². The molecule has 1 aliphatic heterocycles. The van der Waals surface area contributed by atoms with Crippen LogP contribution in [0.1, 0.15) is 59.9 Å². The highest BCUT2D eigenvalue weighted by Gasteiger charge is 2.28. The molecule has 0 spiro atoms. The fourth-order valence-corrected chi connectivity index (χ4v) is 3.88. The van der Waals surface area contributed by atoms with Gasteiger partial charge in [-0.05, 0) is 12.8 Å². The Hall–Kier alpha value is -2.22. The Morgan fingerprint density at radius 1 is 1.38 bits per heavy atom. The minimum Gasteiger partial charge on any atom is -0.339 e. The average molecular weight is 345 g/mol. The first-order valence-corrected chi connectivity index (χ1v) is 8.98. The van der Waals surface area contributed by atoms with Crippen molar-refractivity contribution < 1.29 is 9.32 Å². The molecule has 0 unspecified atom stereocenters. The average Bonchev–Trinajstić information content (AvgIpc) is 3.29.